The number of non-ortho nitro benzene ring substituents is 1. The molecule has 0 amide bonds. The van der Waals surface area contributed by atoms with E-state index in [1.807, 2.05) is 11.8 Å². The van der Waals surface area contributed by atoms with Crippen LogP contribution in [0.5, 0.6) is 0 Å². The summed E-state index contributed by atoms with van der Waals surface area (Å²) >= 11 is 0. The van der Waals surface area contributed by atoms with Gasteiger partial charge in [0, 0.05) is 18.7 Å². The first kappa shape index (κ1) is 13.7. The normalized spacial score (nSPS) is 22.7. The van der Waals surface area contributed by atoms with Crippen LogP contribution >= 0.6 is 0 Å². The van der Waals surface area contributed by atoms with Gasteiger partial charge in [0.25, 0.3) is 0 Å². The van der Waals surface area contributed by atoms with Crippen LogP contribution in [0.25, 0.3) is 11.0 Å². The van der Waals surface area contributed by atoms with E-state index in [1.165, 1.54) is 6.07 Å². The number of aromatic nitrogens is 2. The van der Waals surface area contributed by atoms with Gasteiger partial charge in [-0.2, -0.15) is 0 Å². The topological polar surface area (TPSA) is 115 Å². The molecule has 2 atom stereocenters. The van der Waals surface area contributed by atoms with Gasteiger partial charge in [-0.05, 0) is 23.3 Å². The molecule has 2 heterocycles. The summed E-state index contributed by atoms with van der Waals surface area (Å²) in [6.07, 6.45) is -0.300. The maximum absolute atomic E-state index is 11.0. The van der Waals surface area contributed by atoms with Crippen molar-refractivity contribution in [3.8, 4) is 0 Å². The number of morpholine rings is 1. The lowest BCUT2D eigenvalue weighted by atomic mass is 10.1. The molecule has 0 spiro atoms. The second kappa shape index (κ2) is 5.26. The number of anilines is 1. The van der Waals surface area contributed by atoms with Crippen LogP contribution < -0.4 is 4.90 Å². The molecule has 0 bridgehead atoms. The number of nitrogens with zero attached hydrogens (tertiary/aromatic N) is 4. The molecular formula is C12H14N4O5. The monoisotopic (exact) mass is 294 g/mol. The number of ether oxygens (including phenoxy) is 1. The maximum atomic E-state index is 11.0. The minimum atomic E-state index is -0.518. The van der Waals surface area contributed by atoms with Gasteiger partial charge < -0.3 is 14.7 Å². The van der Waals surface area contributed by atoms with Crippen LogP contribution in [-0.2, 0) is 4.74 Å². The fourth-order valence-corrected chi connectivity index (χ4v) is 2.48. The Kier molecular flexibility index (Phi) is 3.43. The fraction of sp³-hybridized carbons (Fsp3) is 0.500. The van der Waals surface area contributed by atoms with Gasteiger partial charge in [0.05, 0.1) is 29.9 Å². The van der Waals surface area contributed by atoms with Gasteiger partial charge in [0.15, 0.2) is 5.52 Å². The molecule has 1 saturated heterocycles. The largest absolute Gasteiger partial charge is 0.394 e. The SMILES string of the molecule is CC1COC(CO)CN1c1ccc([N+](=O)[O-])c2nonc12. The number of hydrogen-bond donors (Lipinski definition) is 1. The van der Waals surface area contributed by atoms with Crippen molar-refractivity contribution in [2.45, 2.75) is 19.1 Å². The van der Waals surface area contributed by atoms with E-state index in [-0.39, 0.29) is 30.0 Å². The molecule has 9 nitrogen and oxygen atoms in total. The molecule has 3 rings (SSSR count). The van der Waals surface area contributed by atoms with Crippen molar-refractivity contribution in [1.82, 2.24) is 10.3 Å². The quantitative estimate of drug-likeness (QED) is 0.650. The second-order valence-corrected chi connectivity index (χ2v) is 4.96. The highest BCUT2D eigenvalue weighted by Gasteiger charge is 2.30. The third-order valence-electron chi connectivity index (χ3n) is 3.59. The molecule has 1 aliphatic rings. The molecule has 21 heavy (non-hydrogen) atoms. The van der Waals surface area contributed by atoms with Crippen molar-refractivity contribution in [3.05, 3.63) is 22.2 Å². The molecule has 0 aliphatic carbocycles. The number of rotatable bonds is 3. The van der Waals surface area contributed by atoms with Crippen LogP contribution in [0.1, 0.15) is 6.92 Å². The first-order chi connectivity index (χ1) is 10.1. The lowest BCUT2D eigenvalue weighted by Gasteiger charge is -2.38. The van der Waals surface area contributed by atoms with E-state index in [1.54, 1.807) is 6.07 Å². The Morgan fingerprint density at radius 1 is 1.48 bits per heavy atom. The highest BCUT2D eigenvalue weighted by molar-refractivity contribution is 5.94. The average Bonchev–Trinajstić information content (AvgIpc) is 2.96. The summed E-state index contributed by atoms with van der Waals surface area (Å²) < 4.78 is 10.2. The summed E-state index contributed by atoms with van der Waals surface area (Å²) in [6.45, 7) is 2.80. The molecule has 1 fully saturated rings. The molecule has 2 unspecified atom stereocenters. The molecule has 9 heteroatoms. The predicted molar refractivity (Wildman–Crippen MR) is 72.1 cm³/mol. The standard InChI is InChI=1S/C12H14N4O5/c1-7-6-20-8(5-17)4-15(7)9-2-3-10(16(18)19)12-11(9)13-21-14-12/h2-3,7-8,17H,4-6H2,1H3. The van der Waals surface area contributed by atoms with E-state index < -0.39 is 4.92 Å². The van der Waals surface area contributed by atoms with Gasteiger partial charge in [-0.3, -0.25) is 10.1 Å². The Bertz CT molecular complexity index is 673. The van der Waals surface area contributed by atoms with E-state index in [2.05, 4.69) is 14.9 Å². The third-order valence-corrected chi connectivity index (χ3v) is 3.59. The Morgan fingerprint density at radius 2 is 2.24 bits per heavy atom. The van der Waals surface area contributed by atoms with E-state index in [0.29, 0.717) is 24.4 Å². The first-order valence-corrected chi connectivity index (χ1v) is 6.50. The average molecular weight is 294 g/mol. The van der Waals surface area contributed by atoms with Crippen LogP contribution in [0.2, 0.25) is 0 Å². The van der Waals surface area contributed by atoms with Gasteiger partial charge >= 0.3 is 5.69 Å². The second-order valence-electron chi connectivity index (χ2n) is 4.96. The van der Waals surface area contributed by atoms with E-state index in [0.717, 1.165) is 0 Å². The van der Waals surface area contributed by atoms with Gasteiger partial charge in [-0.1, -0.05) is 0 Å². The van der Waals surface area contributed by atoms with Crippen molar-refractivity contribution in [2.24, 2.45) is 0 Å². The Labute approximate surface area is 119 Å². The lowest BCUT2D eigenvalue weighted by molar-refractivity contribution is -0.383. The van der Waals surface area contributed by atoms with Crippen molar-refractivity contribution < 1.29 is 19.4 Å². The lowest BCUT2D eigenvalue weighted by Crippen LogP contribution is -2.49. The molecule has 2 aromatic rings. The summed E-state index contributed by atoms with van der Waals surface area (Å²) in [5.74, 6) is 0. The van der Waals surface area contributed by atoms with Crippen molar-refractivity contribution in [2.75, 3.05) is 24.7 Å². The molecule has 1 N–H and O–H groups in total. The zero-order valence-electron chi connectivity index (χ0n) is 11.3. The Morgan fingerprint density at radius 3 is 2.95 bits per heavy atom. The third kappa shape index (κ3) is 2.30. The van der Waals surface area contributed by atoms with Crippen LogP contribution in [0.3, 0.4) is 0 Å². The predicted octanol–water partition coefficient (Wildman–Crippen LogP) is 0.717. The van der Waals surface area contributed by atoms with Crippen LogP contribution in [0.15, 0.2) is 16.8 Å². The number of benzene rings is 1. The number of nitro benzene ring substituents is 1. The summed E-state index contributed by atoms with van der Waals surface area (Å²) in [7, 11) is 0. The summed E-state index contributed by atoms with van der Waals surface area (Å²) in [5, 5.41) is 27.6. The minimum absolute atomic E-state index is 0.0501. The highest BCUT2D eigenvalue weighted by Crippen LogP contribution is 2.33. The van der Waals surface area contributed by atoms with Gasteiger partial charge in [-0.15, -0.1) is 0 Å². The van der Waals surface area contributed by atoms with Crippen LogP contribution in [0.4, 0.5) is 11.4 Å². The molecule has 0 radical (unpaired) electrons. The summed E-state index contributed by atoms with van der Waals surface area (Å²) in [6, 6.07) is 3.06. The number of fused-ring (bicyclic) bond motifs is 1. The van der Waals surface area contributed by atoms with E-state index in [4.69, 9.17) is 4.74 Å². The highest BCUT2D eigenvalue weighted by atomic mass is 16.6. The number of hydrogen-bond acceptors (Lipinski definition) is 8. The minimum Gasteiger partial charge on any atom is -0.394 e. The van der Waals surface area contributed by atoms with Crippen molar-refractivity contribution >= 4 is 22.4 Å². The van der Waals surface area contributed by atoms with Gasteiger partial charge in [-0.25, -0.2) is 4.63 Å². The number of nitro groups is 1. The number of aliphatic hydroxyl groups is 1. The van der Waals surface area contributed by atoms with Crippen molar-refractivity contribution in [1.29, 1.82) is 0 Å². The molecule has 112 valence electrons. The van der Waals surface area contributed by atoms with Crippen LogP contribution in [0, 0.1) is 10.1 Å². The Balaban J connectivity index is 2.06. The van der Waals surface area contributed by atoms with Gasteiger partial charge in [0.1, 0.15) is 0 Å². The van der Waals surface area contributed by atoms with E-state index in [9.17, 15) is 15.2 Å². The smallest absolute Gasteiger partial charge is 0.300 e. The van der Waals surface area contributed by atoms with Crippen molar-refractivity contribution in [3.63, 3.8) is 0 Å². The van der Waals surface area contributed by atoms with E-state index >= 15 is 0 Å². The molecule has 1 aliphatic heterocycles. The zero-order chi connectivity index (χ0) is 15.0. The molecule has 0 saturated carbocycles. The summed E-state index contributed by atoms with van der Waals surface area (Å²) in [5.41, 5.74) is 1.01. The summed E-state index contributed by atoms with van der Waals surface area (Å²) in [4.78, 5) is 12.5. The fourth-order valence-electron chi connectivity index (χ4n) is 2.48. The first-order valence-electron chi connectivity index (χ1n) is 6.50. The molecule has 1 aromatic heterocycles. The number of aliphatic hydroxyl groups excluding tert-OH is 1. The molecule has 1 aromatic carbocycles. The van der Waals surface area contributed by atoms with Crippen LogP contribution in [-0.4, -0.2) is 52.2 Å². The Hall–Kier alpha value is -2.26. The molecular weight excluding hydrogens is 280 g/mol. The van der Waals surface area contributed by atoms with Gasteiger partial charge in [0.2, 0.25) is 5.52 Å². The zero-order valence-corrected chi connectivity index (χ0v) is 11.3. The maximum Gasteiger partial charge on any atom is 0.300 e.